The van der Waals surface area contributed by atoms with E-state index >= 15 is 0 Å². The number of hydrogen-bond donors (Lipinski definition) is 2. The number of aliphatic imine (C=N–C) groups is 1. The van der Waals surface area contributed by atoms with E-state index in [-0.39, 0.29) is 5.91 Å². The Balaban J connectivity index is 1.42. The number of carbonyl (C=O) groups excluding carboxylic acids is 1. The number of amides is 1. The lowest BCUT2D eigenvalue weighted by Crippen LogP contribution is -2.49. The zero-order valence-electron chi connectivity index (χ0n) is 18.5. The molecule has 1 aromatic heterocycles. The van der Waals surface area contributed by atoms with Crippen LogP contribution in [0.1, 0.15) is 31.9 Å². The second-order valence-corrected chi connectivity index (χ2v) is 8.40. The molecule has 1 aromatic carbocycles. The molecule has 2 atom stereocenters. The molecule has 166 valence electrons. The average Bonchev–Trinajstić information content (AvgIpc) is 3.32. The number of carbonyl (C=O) groups is 1. The minimum atomic E-state index is 0.0834. The lowest BCUT2D eigenvalue weighted by atomic mass is 9.93. The fourth-order valence-corrected chi connectivity index (χ4v) is 4.36. The van der Waals surface area contributed by atoms with Crippen LogP contribution in [-0.2, 0) is 11.3 Å². The van der Waals surface area contributed by atoms with Crippen molar-refractivity contribution in [2.45, 2.75) is 32.9 Å². The van der Waals surface area contributed by atoms with Gasteiger partial charge in [0.05, 0.1) is 25.5 Å². The van der Waals surface area contributed by atoms with Crippen molar-refractivity contribution in [1.29, 1.82) is 0 Å². The second-order valence-electron chi connectivity index (χ2n) is 8.40. The molecule has 8 nitrogen and oxygen atoms in total. The van der Waals surface area contributed by atoms with Gasteiger partial charge < -0.3 is 25.0 Å². The van der Waals surface area contributed by atoms with Crippen LogP contribution in [0.3, 0.4) is 0 Å². The highest BCUT2D eigenvalue weighted by Crippen LogP contribution is 2.27. The number of piperidine rings is 1. The molecule has 0 saturated carbocycles. The van der Waals surface area contributed by atoms with E-state index in [4.69, 9.17) is 4.99 Å². The van der Waals surface area contributed by atoms with Crippen molar-refractivity contribution in [2.75, 3.05) is 44.2 Å². The predicted molar refractivity (Wildman–Crippen MR) is 123 cm³/mol. The minimum absolute atomic E-state index is 0.0834. The van der Waals surface area contributed by atoms with Crippen molar-refractivity contribution in [3.8, 4) is 0 Å². The van der Waals surface area contributed by atoms with Crippen LogP contribution < -0.4 is 15.5 Å². The summed E-state index contributed by atoms with van der Waals surface area (Å²) in [6.45, 7) is 9.81. The Morgan fingerprint density at radius 3 is 2.84 bits per heavy atom. The van der Waals surface area contributed by atoms with Gasteiger partial charge >= 0.3 is 0 Å². The third kappa shape index (κ3) is 5.18. The van der Waals surface area contributed by atoms with E-state index in [9.17, 15) is 4.79 Å². The van der Waals surface area contributed by atoms with Gasteiger partial charge in [-0.25, -0.2) is 9.98 Å². The van der Waals surface area contributed by atoms with Crippen molar-refractivity contribution in [3.05, 3.63) is 48.5 Å². The first-order valence-electron chi connectivity index (χ1n) is 11.3. The Labute approximate surface area is 184 Å². The monoisotopic (exact) mass is 423 g/mol. The summed E-state index contributed by atoms with van der Waals surface area (Å²) in [5, 5.41) is 6.34. The highest BCUT2D eigenvalue weighted by molar-refractivity contribution is 5.82. The summed E-state index contributed by atoms with van der Waals surface area (Å²) < 4.78 is 2.22. The van der Waals surface area contributed by atoms with Gasteiger partial charge in [-0.05, 0) is 37.0 Å². The first kappa shape index (κ1) is 21.2. The van der Waals surface area contributed by atoms with Crippen LogP contribution in [0, 0.1) is 5.92 Å². The molecule has 2 aromatic rings. The zero-order chi connectivity index (χ0) is 21.6. The Bertz CT molecular complexity index is 878. The SMILES string of the molecule is CCNC(=NCc1ccc(N2CCNC(=O)C2)cc1)N1CCC(C)C(n2ccnc2)C1. The standard InChI is InChI=1S/C23H33N7O/c1-3-25-23(29-11-8-18(2)21(15-29)30-12-9-24-17-30)27-14-19-4-6-20(7-5-19)28-13-10-26-22(31)16-28/h4-7,9,12,17-18,21H,3,8,10-11,13-16H2,1-2H3,(H,25,27)(H,26,31). The molecular weight excluding hydrogens is 390 g/mol. The van der Waals surface area contributed by atoms with Crippen molar-refractivity contribution < 1.29 is 4.79 Å². The number of rotatable bonds is 5. The maximum atomic E-state index is 11.6. The minimum Gasteiger partial charge on any atom is -0.360 e. The number of nitrogens with one attached hydrogen (secondary N) is 2. The summed E-state index contributed by atoms with van der Waals surface area (Å²) in [6.07, 6.45) is 6.96. The fraction of sp³-hybridized carbons (Fsp3) is 0.522. The van der Waals surface area contributed by atoms with E-state index in [1.807, 2.05) is 12.5 Å². The maximum Gasteiger partial charge on any atom is 0.239 e. The summed E-state index contributed by atoms with van der Waals surface area (Å²) in [7, 11) is 0. The number of guanidine groups is 1. The van der Waals surface area contributed by atoms with Crippen molar-refractivity contribution in [3.63, 3.8) is 0 Å². The number of anilines is 1. The van der Waals surface area contributed by atoms with Crippen molar-refractivity contribution >= 4 is 17.6 Å². The lowest BCUT2D eigenvalue weighted by Gasteiger charge is -2.39. The third-order valence-electron chi connectivity index (χ3n) is 6.21. The van der Waals surface area contributed by atoms with E-state index in [2.05, 4.69) is 74.3 Å². The summed E-state index contributed by atoms with van der Waals surface area (Å²) in [5.74, 6) is 1.66. The van der Waals surface area contributed by atoms with Crippen LogP contribution >= 0.6 is 0 Å². The number of nitrogens with zero attached hydrogens (tertiary/aromatic N) is 5. The molecule has 31 heavy (non-hydrogen) atoms. The molecule has 1 amide bonds. The molecule has 2 saturated heterocycles. The molecule has 2 unspecified atom stereocenters. The van der Waals surface area contributed by atoms with Crippen molar-refractivity contribution in [1.82, 2.24) is 25.1 Å². The smallest absolute Gasteiger partial charge is 0.239 e. The molecule has 2 N–H and O–H groups in total. The first-order chi connectivity index (χ1) is 15.1. The number of imidazole rings is 1. The Hall–Kier alpha value is -3.03. The van der Waals surface area contributed by atoms with Gasteiger partial charge in [0.2, 0.25) is 5.91 Å². The van der Waals surface area contributed by atoms with Crippen LogP contribution in [0.2, 0.25) is 0 Å². The van der Waals surface area contributed by atoms with E-state index in [1.165, 1.54) is 0 Å². The van der Waals surface area contributed by atoms with Gasteiger partial charge in [0.15, 0.2) is 5.96 Å². The quantitative estimate of drug-likeness (QED) is 0.567. The molecule has 2 fully saturated rings. The third-order valence-corrected chi connectivity index (χ3v) is 6.21. The molecule has 8 heteroatoms. The van der Waals surface area contributed by atoms with Crippen LogP contribution in [0.15, 0.2) is 48.0 Å². The van der Waals surface area contributed by atoms with E-state index < -0.39 is 0 Å². The van der Waals surface area contributed by atoms with E-state index in [0.717, 1.165) is 49.8 Å². The molecule has 0 spiro atoms. The summed E-state index contributed by atoms with van der Waals surface area (Å²) >= 11 is 0. The lowest BCUT2D eigenvalue weighted by molar-refractivity contribution is -0.120. The van der Waals surface area contributed by atoms with Crippen LogP contribution in [0.5, 0.6) is 0 Å². The first-order valence-corrected chi connectivity index (χ1v) is 11.3. The molecule has 4 rings (SSSR count). The molecule has 0 bridgehead atoms. The van der Waals surface area contributed by atoms with Gasteiger partial charge in [-0.1, -0.05) is 19.1 Å². The Morgan fingerprint density at radius 2 is 2.13 bits per heavy atom. The molecule has 2 aliphatic rings. The van der Waals surface area contributed by atoms with Gasteiger partial charge in [-0.2, -0.15) is 0 Å². The van der Waals surface area contributed by atoms with Gasteiger partial charge in [0, 0.05) is 50.8 Å². The fourth-order valence-electron chi connectivity index (χ4n) is 4.36. The van der Waals surface area contributed by atoms with Crippen molar-refractivity contribution in [2.24, 2.45) is 10.9 Å². The van der Waals surface area contributed by atoms with Gasteiger partial charge in [0.25, 0.3) is 0 Å². The Morgan fingerprint density at radius 1 is 1.29 bits per heavy atom. The normalized spacial score (nSPS) is 22.4. The number of likely N-dealkylation sites (tertiary alicyclic amines) is 1. The number of hydrogen-bond acceptors (Lipinski definition) is 4. The highest BCUT2D eigenvalue weighted by atomic mass is 16.2. The van der Waals surface area contributed by atoms with E-state index in [1.54, 1.807) is 0 Å². The molecule has 2 aliphatic heterocycles. The number of piperazine rings is 1. The largest absolute Gasteiger partial charge is 0.360 e. The van der Waals surface area contributed by atoms with Gasteiger partial charge in [-0.3, -0.25) is 4.79 Å². The number of aromatic nitrogens is 2. The molecule has 0 aliphatic carbocycles. The highest BCUT2D eigenvalue weighted by Gasteiger charge is 2.28. The summed E-state index contributed by atoms with van der Waals surface area (Å²) in [4.78, 5) is 25.3. The molecule has 0 radical (unpaired) electrons. The topological polar surface area (TPSA) is 77.8 Å². The maximum absolute atomic E-state index is 11.6. The van der Waals surface area contributed by atoms with Crippen LogP contribution in [0.25, 0.3) is 0 Å². The number of benzene rings is 1. The van der Waals surface area contributed by atoms with Gasteiger partial charge in [0.1, 0.15) is 0 Å². The summed E-state index contributed by atoms with van der Waals surface area (Å²) in [5.41, 5.74) is 2.25. The zero-order valence-corrected chi connectivity index (χ0v) is 18.5. The average molecular weight is 424 g/mol. The second kappa shape index (κ2) is 9.85. The predicted octanol–water partition coefficient (Wildman–Crippen LogP) is 1.87. The molecule has 3 heterocycles. The molecular formula is C23H33N7O. The van der Waals surface area contributed by atoms with Crippen LogP contribution in [-0.4, -0.2) is 65.6 Å². The summed E-state index contributed by atoms with van der Waals surface area (Å²) in [6, 6.07) is 8.81. The van der Waals surface area contributed by atoms with Crippen LogP contribution in [0.4, 0.5) is 5.69 Å². The Kier molecular flexibility index (Phi) is 6.74. The van der Waals surface area contributed by atoms with E-state index in [0.29, 0.717) is 31.6 Å². The van der Waals surface area contributed by atoms with Gasteiger partial charge in [-0.15, -0.1) is 0 Å².